The molecule has 0 aliphatic rings. The maximum absolute atomic E-state index is 12.6. The number of hydrogen-bond acceptors (Lipinski definition) is 1. The first-order chi connectivity index (χ1) is 9.49. The summed E-state index contributed by atoms with van der Waals surface area (Å²) in [4.78, 5) is 0. The molecular formula is C15H13BF3O-. The van der Waals surface area contributed by atoms with Gasteiger partial charge in [-0.05, 0) is 23.3 Å². The number of benzene rings is 2. The molecule has 0 amide bonds. The first-order valence-electron chi connectivity index (χ1n) is 6.11. The fourth-order valence-electron chi connectivity index (χ4n) is 1.77. The van der Waals surface area contributed by atoms with E-state index < -0.39 is 12.4 Å². The summed E-state index contributed by atoms with van der Waals surface area (Å²) in [5, 5.41) is 0. The minimum atomic E-state index is -4.95. The van der Waals surface area contributed by atoms with Gasteiger partial charge in [-0.15, -0.1) is 5.46 Å². The number of hydrogen-bond donors (Lipinski definition) is 0. The lowest BCUT2D eigenvalue weighted by Crippen LogP contribution is -2.33. The second-order valence-electron chi connectivity index (χ2n) is 4.35. The van der Waals surface area contributed by atoms with Crippen molar-refractivity contribution in [2.75, 3.05) is 7.11 Å². The summed E-state index contributed by atoms with van der Waals surface area (Å²) in [6.45, 7) is -4.95. The molecule has 1 nitrogen and oxygen atoms in total. The topological polar surface area (TPSA) is 9.23 Å². The maximum Gasteiger partial charge on any atom is 0.509 e. The number of ether oxygens (including phenoxy) is 1. The Hall–Kier alpha value is -2.17. The summed E-state index contributed by atoms with van der Waals surface area (Å²) in [6, 6.07) is 12.6. The van der Waals surface area contributed by atoms with E-state index >= 15 is 0 Å². The molecule has 0 saturated heterocycles. The zero-order chi connectivity index (χ0) is 14.6. The normalized spacial score (nSPS) is 11.8. The molecule has 2 aromatic rings. The minimum absolute atomic E-state index is 0.525. The van der Waals surface area contributed by atoms with Crippen LogP contribution in [0.5, 0.6) is 5.75 Å². The average molecular weight is 277 g/mol. The number of rotatable bonds is 4. The van der Waals surface area contributed by atoms with Crippen LogP contribution >= 0.6 is 0 Å². The van der Waals surface area contributed by atoms with E-state index in [1.165, 1.54) is 6.07 Å². The molecule has 20 heavy (non-hydrogen) atoms. The van der Waals surface area contributed by atoms with Gasteiger partial charge in [0.25, 0.3) is 0 Å². The zero-order valence-electron chi connectivity index (χ0n) is 10.9. The summed E-state index contributed by atoms with van der Waals surface area (Å²) >= 11 is 0. The molecule has 2 rings (SSSR count). The van der Waals surface area contributed by atoms with E-state index in [9.17, 15) is 12.9 Å². The Labute approximate surface area is 115 Å². The van der Waals surface area contributed by atoms with E-state index in [1.807, 2.05) is 12.1 Å². The van der Waals surface area contributed by atoms with Crippen LogP contribution in [0.15, 0.2) is 48.5 Å². The molecule has 0 fully saturated rings. The Morgan fingerprint density at radius 2 is 1.55 bits per heavy atom. The van der Waals surface area contributed by atoms with Gasteiger partial charge in [0.1, 0.15) is 5.75 Å². The van der Waals surface area contributed by atoms with Crippen LogP contribution in [0.4, 0.5) is 12.9 Å². The molecule has 2 aromatic carbocycles. The van der Waals surface area contributed by atoms with Gasteiger partial charge < -0.3 is 17.7 Å². The van der Waals surface area contributed by atoms with Crippen LogP contribution in [-0.4, -0.2) is 14.1 Å². The number of methoxy groups -OCH3 is 1. The SMILES string of the molecule is COc1ccc(/C=C/c2cccc([B-](F)(F)F)c2)cc1. The Morgan fingerprint density at radius 3 is 2.15 bits per heavy atom. The van der Waals surface area contributed by atoms with E-state index in [4.69, 9.17) is 4.74 Å². The van der Waals surface area contributed by atoms with Crippen LogP contribution in [0.3, 0.4) is 0 Å². The predicted molar refractivity (Wildman–Crippen MR) is 77.1 cm³/mol. The Bertz CT molecular complexity index is 603. The Kier molecular flexibility index (Phi) is 4.18. The van der Waals surface area contributed by atoms with Crippen molar-refractivity contribution >= 4 is 24.6 Å². The van der Waals surface area contributed by atoms with Crippen LogP contribution in [0, 0.1) is 0 Å². The smallest absolute Gasteiger partial charge is 0.497 e. The van der Waals surface area contributed by atoms with Crippen molar-refractivity contribution in [3.05, 3.63) is 59.7 Å². The fraction of sp³-hybridized carbons (Fsp3) is 0.0667. The Morgan fingerprint density at radius 1 is 0.900 bits per heavy atom. The van der Waals surface area contributed by atoms with Crippen LogP contribution in [0.1, 0.15) is 11.1 Å². The molecule has 0 radical (unpaired) electrons. The van der Waals surface area contributed by atoms with E-state index in [1.54, 1.807) is 37.5 Å². The third-order valence-electron chi connectivity index (χ3n) is 2.87. The van der Waals surface area contributed by atoms with E-state index in [0.717, 1.165) is 23.4 Å². The van der Waals surface area contributed by atoms with Crippen molar-refractivity contribution in [1.82, 2.24) is 0 Å². The zero-order valence-corrected chi connectivity index (χ0v) is 10.9. The molecule has 104 valence electrons. The van der Waals surface area contributed by atoms with Gasteiger partial charge in [-0.3, -0.25) is 0 Å². The standard InChI is InChI=1S/C15H13BF3O/c1-20-15-9-7-12(8-10-15)5-6-13-3-2-4-14(11-13)16(17,18)19/h2-11H,1H3/q-1/b6-5+. The summed E-state index contributed by atoms with van der Waals surface area (Å²) in [5.74, 6) is 0.740. The highest BCUT2D eigenvalue weighted by molar-refractivity contribution is 6.73. The molecule has 0 N–H and O–H groups in total. The lowest BCUT2D eigenvalue weighted by Gasteiger charge is -2.14. The molecule has 0 heterocycles. The second kappa shape index (κ2) is 5.86. The largest absolute Gasteiger partial charge is 0.509 e. The average Bonchev–Trinajstić information content (AvgIpc) is 2.45. The molecule has 5 heteroatoms. The van der Waals surface area contributed by atoms with Crippen molar-refractivity contribution < 1.29 is 17.7 Å². The van der Waals surface area contributed by atoms with Gasteiger partial charge in [0.15, 0.2) is 0 Å². The van der Waals surface area contributed by atoms with Crippen molar-refractivity contribution in [3.63, 3.8) is 0 Å². The highest BCUT2D eigenvalue weighted by Crippen LogP contribution is 2.15. The highest BCUT2D eigenvalue weighted by atomic mass is 19.4. The molecular weight excluding hydrogens is 264 g/mol. The third kappa shape index (κ3) is 3.67. The first-order valence-corrected chi connectivity index (χ1v) is 6.11. The van der Waals surface area contributed by atoms with Gasteiger partial charge >= 0.3 is 6.98 Å². The molecule has 0 atom stereocenters. The number of halogens is 3. The maximum atomic E-state index is 12.6. The molecule has 0 aromatic heterocycles. The molecule has 0 aliphatic carbocycles. The van der Waals surface area contributed by atoms with Crippen molar-refractivity contribution in [3.8, 4) is 5.75 Å². The predicted octanol–water partition coefficient (Wildman–Crippen LogP) is 3.92. The van der Waals surface area contributed by atoms with E-state index in [0.29, 0.717) is 5.56 Å². The summed E-state index contributed by atoms with van der Waals surface area (Å²) < 4.78 is 43.0. The highest BCUT2D eigenvalue weighted by Gasteiger charge is 2.24. The van der Waals surface area contributed by atoms with Crippen LogP contribution in [0.25, 0.3) is 12.2 Å². The second-order valence-corrected chi connectivity index (χ2v) is 4.35. The van der Waals surface area contributed by atoms with Crippen molar-refractivity contribution in [1.29, 1.82) is 0 Å². The van der Waals surface area contributed by atoms with E-state index in [2.05, 4.69) is 0 Å². The summed E-state index contributed by atoms with van der Waals surface area (Å²) in [6.07, 6.45) is 3.43. The van der Waals surface area contributed by atoms with Crippen molar-refractivity contribution in [2.24, 2.45) is 0 Å². The van der Waals surface area contributed by atoms with Gasteiger partial charge in [-0.2, -0.15) is 0 Å². The molecule has 0 aliphatic heterocycles. The molecule has 0 bridgehead atoms. The first kappa shape index (κ1) is 14.2. The van der Waals surface area contributed by atoms with Gasteiger partial charge in [0.05, 0.1) is 7.11 Å². The van der Waals surface area contributed by atoms with Gasteiger partial charge in [-0.1, -0.05) is 48.6 Å². The fourth-order valence-corrected chi connectivity index (χ4v) is 1.77. The van der Waals surface area contributed by atoms with Crippen LogP contribution < -0.4 is 10.2 Å². The minimum Gasteiger partial charge on any atom is -0.497 e. The van der Waals surface area contributed by atoms with Crippen LogP contribution in [0.2, 0.25) is 0 Å². The third-order valence-corrected chi connectivity index (χ3v) is 2.87. The van der Waals surface area contributed by atoms with Gasteiger partial charge in [0, 0.05) is 0 Å². The summed E-state index contributed by atoms with van der Waals surface area (Å²) in [7, 11) is 1.58. The summed E-state index contributed by atoms with van der Waals surface area (Å²) in [5.41, 5.74) is 0.841. The molecule has 0 unspecified atom stereocenters. The lowest BCUT2D eigenvalue weighted by atomic mass is 9.79. The monoisotopic (exact) mass is 277 g/mol. The van der Waals surface area contributed by atoms with Gasteiger partial charge in [-0.25, -0.2) is 0 Å². The van der Waals surface area contributed by atoms with Gasteiger partial charge in [0.2, 0.25) is 0 Å². The lowest BCUT2D eigenvalue weighted by molar-refractivity contribution is 0.415. The molecule has 0 spiro atoms. The van der Waals surface area contributed by atoms with E-state index in [-0.39, 0.29) is 0 Å². The molecule has 0 saturated carbocycles. The van der Waals surface area contributed by atoms with Crippen LogP contribution in [-0.2, 0) is 0 Å². The Balaban J connectivity index is 2.18. The quantitative estimate of drug-likeness (QED) is 0.608. The van der Waals surface area contributed by atoms with Crippen molar-refractivity contribution in [2.45, 2.75) is 0 Å².